The zero-order valence-electron chi connectivity index (χ0n) is 14.5. The van der Waals surface area contributed by atoms with Crippen LogP contribution in [0, 0.1) is 10.8 Å². The molecule has 0 aliphatic heterocycles. The van der Waals surface area contributed by atoms with Gasteiger partial charge in [-0.1, -0.05) is 6.42 Å². The van der Waals surface area contributed by atoms with Gasteiger partial charge in [-0.15, -0.1) is 0 Å². The Labute approximate surface area is 145 Å². The third kappa shape index (κ3) is 2.79. The Bertz CT molecular complexity index is 712. The van der Waals surface area contributed by atoms with Crippen LogP contribution >= 0.6 is 0 Å². The van der Waals surface area contributed by atoms with Gasteiger partial charge < -0.3 is 15.2 Å². The number of hydrogen-bond acceptors (Lipinski definition) is 5. The molecule has 2 fully saturated rings. The number of carbonyl (C=O) groups excluding carboxylic acids is 2. The highest BCUT2D eigenvalue weighted by atomic mass is 16.5. The summed E-state index contributed by atoms with van der Waals surface area (Å²) in [5, 5.41) is 15.9. The van der Waals surface area contributed by atoms with E-state index in [0.29, 0.717) is 18.4 Å². The molecular weight excluding hydrogens is 326 g/mol. The zero-order valence-corrected chi connectivity index (χ0v) is 14.5. The molecule has 0 aromatic carbocycles. The van der Waals surface area contributed by atoms with Crippen LogP contribution in [0.1, 0.15) is 55.1 Å². The zero-order chi connectivity index (χ0) is 18.2. The van der Waals surface area contributed by atoms with Gasteiger partial charge in [0.1, 0.15) is 5.41 Å². The molecule has 25 heavy (non-hydrogen) atoms. The second-order valence-electron chi connectivity index (χ2n) is 7.14. The first kappa shape index (κ1) is 17.4. The normalized spacial score (nSPS) is 19.6. The predicted molar refractivity (Wildman–Crippen MR) is 86.6 cm³/mol. The maximum absolute atomic E-state index is 12.8. The number of hydrogen-bond donors (Lipinski definition) is 2. The molecule has 2 aliphatic carbocycles. The summed E-state index contributed by atoms with van der Waals surface area (Å²) < 4.78 is 6.39. The summed E-state index contributed by atoms with van der Waals surface area (Å²) in [7, 11) is 1.53. The van der Waals surface area contributed by atoms with E-state index in [1.165, 1.54) is 17.9 Å². The first-order valence-corrected chi connectivity index (χ1v) is 8.53. The van der Waals surface area contributed by atoms with Crippen molar-refractivity contribution in [1.82, 2.24) is 15.1 Å². The number of amides is 1. The molecular formula is C17H23N3O5. The van der Waals surface area contributed by atoms with Crippen molar-refractivity contribution in [1.29, 1.82) is 0 Å². The number of nitrogens with one attached hydrogen (secondary N) is 1. The molecule has 1 spiro atoms. The molecule has 8 nitrogen and oxygen atoms in total. The minimum absolute atomic E-state index is 0.0163. The van der Waals surface area contributed by atoms with Gasteiger partial charge in [0, 0.05) is 19.2 Å². The predicted octanol–water partition coefficient (Wildman–Crippen LogP) is 1.25. The fourth-order valence-electron chi connectivity index (χ4n) is 4.16. The molecule has 1 aromatic rings. The van der Waals surface area contributed by atoms with Crippen LogP contribution in [0.2, 0.25) is 0 Å². The largest absolute Gasteiger partial charge is 0.477 e. The van der Waals surface area contributed by atoms with Crippen molar-refractivity contribution < 1.29 is 24.2 Å². The van der Waals surface area contributed by atoms with E-state index in [9.17, 15) is 19.5 Å². The Morgan fingerprint density at radius 2 is 2.04 bits per heavy atom. The lowest BCUT2D eigenvalue weighted by Crippen LogP contribution is -2.61. The number of carbonyl (C=O) groups is 3. The lowest BCUT2D eigenvalue weighted by Gasteiger charge is -2.58. The van der Waals surface area contributed by atoms with E-state index in [1.807, 2.05) is 0 Å². The molecule has 0 saturated heterocycles. The minimum Gasteiger partial charge on any atom is -0.477 e. The van der Waals surface area contributed by atoms with E-state index >= 15 is 0 Å². The lowest BCUT2D eigenvalue weighted by molar-refractivity contribution is -0.185. The van der Waals surface area contributed by atoms with Crippen molar-refractivity contribution in [3.8, 4) is 0 Å². The first-order chi connectivity index (χ1) is 11.8. The number of ether oxygens (including phenoxy) is 1. The van der Waals surface area contributed by atoms with Crippen molar-refractivity contribution in [3.05, 3.63) is 17.5 Å². The van der Waals surface area contributed by atoms with Crippen molar-refractivity contribution in [2.75, 3.05) is 6.61 Å². The van der Waals surface area contributed by atoms with Crippen molar-refractivity contribution in [3.63, 3.8) is 0 Å². The minimum atomic E-state index is -1.14. The van der Waals surface area contributed by atoms with Crippen LogP contribution < -0.4 is 5.32 Å². The highest BCUT2D eigenvalue weighted by Gasteiger charge is 2.65. The second-order valence-corrected chi connectivity index (χ2v) is 7.14. The number of aromatic carboxylic acids is 1. The van der Waals surface area contributed by atoms with E-state index in [-0.39, 0.29) is 30.2 Å². The van der Waals surface area contributed by atoms with Crippen LogP contribution in [0.25, 0.3) is 0 Å². The number of aromatic nitrogens is 2. The number of carboxylic acids is 1. The summed E-state index contributed by atoms with van der Waals surface area (Å²) >= 11 is 0. The monoisotopic (exact) mass is 349 g/mol. The van der Waals surface area contributed by atoms with Gasteiger partial charge in [-0.2, -0.15) is 5.10 Å². The molecule has 0 radical (unpaired) electrons. The molecule has 0 bridgehead atoms. The van der Waals surface area contributed by atoms with Crippen LogP contribution in [0.3, 0.4) is 0 Å². The average Bonchev–Trinajstić information content (AvgIpc) is 2.84. The number of esters is 1. The fraction of sp³-hybridized carbons (Fsp3) is 0.647. The molecule has 2 N–H and O–H groups in total. The maximum Gasteiger partial charge on any atom is 0.354 e. The van der Waals surface area contributed by atoms with Gasteiger partial charge in [0.15, 0.2) is 5.69 Å². The Hall–Kier alpha value is -2.38. The highest BCUT2D eigenvalue weighted by Crippen LogP contribution is 2.64. The van der Waals surface area contributed by atoms with Gasteiger partial charge in [-0.05, 0) is 38.0 Å². The third-order valence-electron chi connectivity index (χ3n) is 5.53. The van der Waals surface area contributed by atoms with Crippen LogP contribution in [-0.2, 0) is 27.9 Å². The Balaban J connectivity index is 1.71. The molecule has 1 aromatic heterocycles. The molecule has 3 rings (SSSR count). The maximum atomic E-state index is 12.8. The van der Waals surface area contributed by atoms with Gasteiger partial charge in [0.2, 0.25) is 5.91 Å². The van der Waals surface area contributed by atoms with Gasteiger partial charge in [-0.3, -0.25) is 14.3 Å². The van der Waals surface area contributed by atoms with Gasteiger partial charge in [-0.25, -0.2) is 4.79 Å². The van der Waals surface area contributed by atoms with E-state index < -0.39 is 17.4 Å². The van der Waals surface area contributed by atoms with E-state index in [4.69, 9.17) is 4.74 Å². The molecule has 8 heteroatoms. The first-order valence-electron chi connectivity index (χ1n) is 8.53. The summed E-state index contributed by atoms with van der Waals surface area (Å²) in [5.74, 6) is -1.97. The number of aryl methyl sites for hydroxylation is 1. The molecule has 0 atom stereocenters. The lowest BCUT2D eigenvalue weighted by atomic mass is 9.45. The Kier molecular flexibility index (Phi) is 4.30. The fourth-order valence-corrected chi connectivity index (χ4v) is 4.16. The number of rotatable bonds is 6. The topological polar surface area (TPSA) is 111 Å². The molecule has 0 unspecified atom stereocenters. The summed E-state index contributed by atoms with van der Waals surface area (Å²) in [4.78, 5) is 36.5. The SMILES string of the molecule is CCOC(=O)C1(C(=O)NCc2cnn(C)c2C(=O)O)CC2(CCC2)C1. The van der Waals surface area contributed by atoms with Crippen molar-refractivity contribution >= 4 is 17.8 Å². The van der Waals surface area contributed by atoms with E-state index in [1.54, 1.807) is 6.92 Å². The van der Waals surface area contributed by atoms with Crippen LogP contribution in [0.5, 0.6) is 0 Å². The van der Waals surface area contributed by atoms with Crippen LogP contribution in [0.15, 0.2) is 6.20 Å². The summed E-state index contributed by atoms with van der Waals surface area (Å²) in [6.45, 7) is 1.96. The van der Waals surface area contributed by atoms with Gasteiger partial charge >= 0.3 is 11.9 Å². The van der Waals surface area contributed by atoms with Gasteiger partial charge in [0.05, 0.1) is 12.8 Å². The molecule has 1 heterocycles. The summed E-state index contributed by atoms with van der Waals surface area (Å²) in [6, 6.07) is 0. The van der Waals surface area contributed by atoms with Crippen molar-refractivity contribution in [2.45, 2.75) is 45.6 Å². The van der Waals surface area contributed by atoms with Gasteiger partial charge in [0.25, 0.3) is 0 Å². The summed E-state index contributed by atoms with van der Waals surface area (Å²) in [6.07, 6.45) is 5.68. The smallest absolute Gasteiger partial charge is 0.354 e. The Morgan fingerprint density at radius 1 is 1.36 bits per heavy atom. The van der Waals surface area contributed by atoms with E-state index in [2.05, 4.69) is 10.4 Å². The number of carboxylic acid groups (broad SMARTS) is 1. The molecule has 1 amide bonds. The quantitative estimate of drug-likeness (QED) is 0.591. The molecule has 136 valence electrons. The standard InChI is InChI=1S/C17H23N3O5/c1-3-25-15(24)17(9-16(10-17)5-4-6-16)14(23)18-7-11-8-19-20(2)12(11)13(21)22/h8H,3-7,9-10H2,1-2H3,(H,18,23)(H,21,22). The van der Waals surface area contributed by atoms with E-state index in [0.717, 1.165) is 19.3 Å². The van der Waals surface area contributed by atoms with Crippen LogP contribution in [-0.4, -0.2) is 39.3 Å². The summed E-state index contributed by atoms with van der Waals surface area (Å²) in [5.41, 5.74) is -0.596. The highest BCUT2D eigenvalue weighted by molar-refractivity contribution is 6.04. The third-order valence-corrected chi connectivity index (χ3v) is 5.53. The molecule has 2 saturated carbocycles. The van der Waals surface area contributed by atoms with Crippen molar-refractivity contribution in [2.24, 2.45) is 17.9 Å². The molecule has 2 aliphatic rings. The second kappa shape index (κ2) is 6.16. The van der Waals surface area contributed by atoms with Crippen LogP contribution in [0.4, 0.5) is 0 Å². The Morgan fingerprint density at radius 3 is 2.56 bits per heavy atom. The average molecular weight is 349 g/mol. The number of nitrogens with zero attached hydrogens (tertiary/aromatic N) is 2.